The van der Waals surface area contributed by atoms with Gasteiger partial charge in [0.2, 0.25) is 0 Å². The molecule has 1 aliphatic rings. The van der Waals surface area contributed by atoms with Crippen LogP contribution in [0.2, 0.25) is 0 Å². The molecule has 3 heteroatoms. The van der Waals surface area contributed by atoms with Crippen LogP contribution in [-0.2, 0) is 4.74 Å². The van der Waals surface area contributed by atoms with Crippen LogP contribution >= 0.6 is 0 Å². The summed E-state index contributed by atoms with van der Waals surface area (Å²) in [4.78, 5) is 0. The first-order chi connectivity index (χ1) is 9.60. The Bertz CT molecular complexity index is 401. The van der Waals surface area contributed by atoms with E-state index in [4.69, 9.17) is 4.74 Å². The molecule has 0 aliphatic carbocycles. The van der Waals surface area contributed by atoms with Gasteiger partial charge in [0, 0.05) is 43.8 Å². The number of allylic oxidation sites excluding steroid dienone is 4. The lowest BCUT2D eigenvalue weighted by atomic mass is 9.99. The van der Waals surface area contributed by atoms with E-state index >= 15 is 0 Å². The summed E-state index contributed by atoms with van der Waals surface area (Å²) in [5, 5.41) is 6.77. The van der Waals surface area contributed by atoms with Gasteiger partial charge in [-0.1, -0.05) is 19.2 Å². The molecule has 0 saturated carbocycles. The standard InChI is InChI=1S/C17H28N2O/c1-6-7-16(18-5)17(13(2)3)14(4)19-12-15-8-10-20-11-9-15/h6-7,15,18-19H,1-2,8-12H2,3-5H3/b16-7+,17-14+. The number of rotatable bonds is 7. The Morgan fingerprint density at radius 1 is 1.30 bits per heavy atom. The van der Waals surface area contributed by atoms with E-state index in [0.717, 1.165) is 55.1 Å². The highest BCUT2D eigenvalue weighted by atomic mass is 16.5. The number of hydrogen-bond acceptors (Lipinski definition) is 3. The summed E-state index contributed by atoms with van der Waals surface area (Å²) in [6.45, 7) is 14.8. The molecule has 112 valence electrons. The van der Waals surface area contributed by atoms with Crippen LogP contribution in [0, 0.1) is 5.92 Å². The van der Waals surface area contributed by atoms with Gasteiger partial charge >= 0.3 is 0 Å². The fraction of sp³-hybridized carbons (Fsp3) is 0.529. The molecule has 0 spiro atoms. The third-order valence-electron chi connectivity index (χ3n) is 3.62. The van der Waals surface area contributed by atoms with Crippen molar-refractivity contribution in [3.63, 3.8) is 0 Å². The monoisotopic (exact) mass is 276 g/mol. The molecule has 1 rings (SSSR count). The first-order valence-electron chi connectivity index (χ1n) is 7.29. The molecule has 0 bridgehead atoms. The second-order valence-electron chi connectivity index (χ2n) is 5.28. The van der Waals surface area contributed by atoms with E-state index in [2.05, 4.69) is 30.7 Å². The molecule has 0 amide bonds. The van der Waals surface area contributed by atoms with Crippen molar-refractivity contribution in [2.75, 3.05) is 26.8 Å². The molecule has 1 heterocycles. The lowest BCUT2D eigenvalue weighted by Gasteiger charge is -2.24. The van der Waals surface area contributed by atoms with Crippen LogP contribution in [0.5, 0.6) is 0 Å². The molecule has 0 unspecified atom stereocenters. The second-order valence-corrected chi connectivity index (χ2v) is 5.28. The maximum Gasteiger partial charge on any atom is 0.0469 e. The number of nitrogens with one attached hydrogen (secondary N) is 2. The third-order valence-corrected chi connectivity index (χ3v) is 3.62. The topological polar surface area (TPSA) is 33.3 Å². The molecule has 3 nitrogen and oxygen atoms in total. The van der Waals surface area contributed by atoms with Crippen molar-refractivity contribution in [3.05, 3.63) is 47.9 Å². The maximum absolute atomic E-state index is 5.40. The molecule has 2 N–H and O–H groups in total. The SMILES string of the molecule is C=C/C=C(NC)\C(C(=C)C)=C(/C)NCC1CCOCC1. The molecule has 0 atom stereocenters. The van der Waals surface area contributed by atoms with E-state index < -0.39 is 0 Å². The van der Waals surface area contributed by atoms with Gasteiger partial charge in [-0.15, -0.1) is 0 Å². The number of ether oxygens (including phenoxy) is 1. The predicted octanol–water partition coefficient (Wildman–Crippen LogP) is 3.14. The van der Waals surface area contributed by atoms with Crippen molar-refractivity contribution in [1.29, 1.82) is 0 Å². The van der Waals surface area contributed by atoms with E-state index in [1.165, 1.54) is 0 Å². The molecule has 0 radical (unpaired) electrons. The molecule has 1 aliphatic heterocycles. The summed E-state index contributed by atoms with van der Waals surface area (Å²) in [7, 11) is 1.92. The highest BCUT2D eigenvalue weighted by Gasteiger charge is 2.14. The summed E-state index contributed by atoms with van der Waals surface area (Å²) in [5.41, 5.74) is 4.39. The van der Waals surface area contributed by atoms with Gasteiger partial charge < -0.3 is 15.4 Å². The Hall–Kier alpha value is -1.48. The smallest absolute Gasteiger partial charge is 0.0469 e. The average Bonchev–Trinajstić information content (AvgIpc) is 2.45. The fourth-order valence-corrected chi connectivity index (χ4v) is 2.50. The van der Waals surface area contributed by atoms with Crippen molar-refractivity contribution >= 4 is 0 Å². The number of hydrogen-bond donors (Lipinski definition) is 2. The van der Waals surface area contributed by atoms with Crippen LogP contribution in [0.1, 0.15) is 26.7 Å². The van der Waals surface area contributed by atoms with Gasteiger partial charge in [-0.2, -0.15) is 0 Å². The van der Waals surface area contributed by atoms with Crippen LogP contribution in [0.4, 0.5) is 0 Å². The summed E-state index contributed by atoms with van der Waals surface area (Å²) in [6.07, 6.45) is 6.05. The Balaban J connectivity index is 2.77. The Morgan fingerprint density at radius 3 is 2.45 bits per heavy atom. The summed E-state index contributed by atoms with van der Waals surface area (Å²) in [5.74, 6) is 0.700. The second kappa shape index (κ2) is 8.64. The maximum atomic E-state index is 5.40. The third kappa shape index (κ3) is 4.89. The first kappa shape index (κ1) is 16.6. The summed E-state index contributed by atoms with van der Waals surface area (Å²) in [6, 6.07) is 0. The molecule has 1 saturated heterocycles. The van der Waals surface area contributed by atoms with Crippen LogP contribution in [-0.4, -0.2) is 26.8 Å². The van der Waals surface area contributed by atoms with Gasteiger partial charge in [0.15, 0.2) is 0 Å². The van der Waals surface area contributed by atoms with Gasteiger partial charge in [0.05, 0.1) is 0 Å². The normalized spacial score (nSPS) is 18.2. The van der Waals surface area contributed by atoms with Crippen LogP contribution in [0.25, 0.3) is 0 Å². The zero-order valence-electron chi connectivity index (χ0n) is 13.1. The lowest BCUT2D eigenvalue weighted by molar-refractivity contribution is 0.0670. The molecule has 0 aromatic carbocycles. The van der Waals surface area contributed by atoms with Crippen molar-refractivity contribution in [1.82, 2.24) is 10.6 Å². The zero-order chi connectivity index (χ0) is 15.0. The van der Waals surface area contributed by atoms with Crippen molar-refractivity contribution in [2.24, 2.45) is 5.92 Å². The number of likely N-dealkylation sites (N-methyl/N-ethyl adjacent to an activating group) is 1. The minimum atomic E-state index is 0.700. The molecule has 0 aromatic rings. The van der Waals surface area contributed by atoms with Gasteiger partial charge in [-0.05, 0) is 44.3 Å². The quantitative estimate of drug-likeness (QED) is 0.701. The Morgan fingerprint density at radius 2 is 1.95 bits per heavy atom. The highest BCUT2D eigenvalue weighted by Crippen LogP contribution is 2.20. The molecule has 1 fully saturated rings. The summed E-state index contributed by atoms with van der Waals surface area (Å²) >= 11 is 0. The van der Waals surface area contributed by atoms with E-state index in [1.807, 2.05) is 20.0 Å². The van der Waals surface area contributed by atoms with Crippen molar-refractivity contribution in [3.8, 4) is 0 Å². The minimum Gasteiger partial charge on any atom is -0.388 e. The van der Waals surface area contributed by atoms with Crippen molar-refractivity contribution in [2.45, 2.75) is 26.7 Å². The van der Waals surface area contributed by atoms with Gasteiger partial charge in [-0.3, -0.25) is 0 Å². The van der Waals surface area contributed by atoms with Crippen LogP contribution < -0.4 is 10.6 Å². The summed E-state index contributed by atoms with van der Waals surface area (Å²) < 4.78 is 5.40. The minimum absolute atomic E-state index is 0.700. The molecule has 20 heavy (non-hydrogen) atoms. The highest BCUT2D eigenvalue weighted by molar-refractivity contribution is 5.47. The van der Waals surface area contributed by atoms with Gasteiger partial charge in [0.1, 0.15) is 0 Å². The predicted molar refractivity (Wildman–Crippen MR) is 86.4 cm³/mol. The van der Waals surface area contributed by atoms with E-state index in [9.17, 15) is 0 Å². The molecule has 0 aromatic heterocycles. The van der Waals surface area contributed by atoms with E-state index in [1.54, 1.807) is 6.08 Å². The Kier molecular flexibility index (Phi) is 7.16. The fourth-order valence-electron chi connectivity index (χ4n) is 2.50. The van der Waals surface area contributed by atoms with Crippen LogP contribution in [0.3, 0.4) is 0 Å². The van der Waals surface area contributed by atoms with Gasteiger partial charge in [0.25, 0.3) is 0 Å². The Labute approximate surface area is 123 Å². The van der Waals surface area contributed by atoms with Crippen LogP contribution in [0.15, 0.2) is 47.9 Å². The van der Waals surface area contributed by atoms with E-state index in [0.29, 0.717) is 5.92 Å². The van der Waals surface area contributed by atoms with Crippen molar-refractivity contribution < 1.29 is 4.74 Å². The lowest BCUT2D eigenvalue weighted by Crippen LogP contribution is -2.28. The molecular formula is C17H28N2O. The first-order valence-corrected chi connectivity index (χ1v) is 7.29. The van der Waals surface area contributed by atoms with Gasteiger partial charge in [-0.25, -0.2) is 0 Å². The zero-order valence-corrected chi connectivity index (χ0v) is 13.1. The average molecular weight is 276 g/mol. The largest absolute Gasteiger partial charge is 0.388 e. The molecular weight excluding hydrogens is 248 g/mol. The van der Waals surface area contributed by atoms with E-state index in [-0.39, 0.29) is 0 Å².